The average Bonchev–Trinajstić information content (AvgIpc) is 3.09. The van der Waals surface area contributed by atoms with Crippen LogP contribution in [0.4, 0.5) is 0 Å². The van der Waals surface area contributed by atoms with Crippen LogP contribution in [0.25, 0.3) is 10.7 Å². The van der Waals surface area contributed by atoms with Crippen molar-refractivity contribution in [1.29, 1.82) is 0 Å². The molecule has 26 heavy (non-hydrogen) atoms. The third kappa shape index (κ3) is 4.66. The van der Waals surface area contributed by atoms with Gasteiger partial charge in [0.15, 0.2) is 6.61 Å². The number of nitrogens with zero attached hydrogens (tertiary/aromatic N) is 2. The van der Waals surface area contributed by atoms with E-state index in [0.717, 1.165) is 10.7 Å². The number of benzene rings is 1. The van der Waals surface area contributed by atoms with Crippen LogP contribution in [0.1, 0.15) is 16.1 Å². The normalized spacial score (nSPS) is 10.5. The lowest BCUT2D eigenvalue weighted by atomic mass is 10.1. The topological polar surface area (TPSA) is 69.2 Å². The molecule has 0 fully saturated rings. The molecule has 132 valence electrons. The fraction of sp³-hybridized carbons (Fsp3) is 0.111. The van der Waals surface area contributed by atoms with Crippen LogP contribution >= 0.6 is 34.5 Å². The number of pyridine rings is 1. The molecule has 2 aromatic heterocycles. The van der Waals surface area contributed by atoms with Crippen LogP contribution in [0.5, 0.6) is 0 Å². The van der Waals surface area contributed by atoms with Gasteiger partial charge in [-0.2, -0.15) is 0 Å². The van der Waals surface area contributed by atoms with Crippen LogP contribution in [0, 0.1) is 0 Å². The standard InChI is InChI=1S/C18H12Cl2N2O3S/c19-11-4-5-13(14(20)7-11)16(23)9-25-17(24)8-12-10-26-18(22-12)15-3-1-2-6-21-15/h1-7,10H,8-9H2. The van der Waals surface area contributed by atoms with Crippen LogP contribution in [0.3, 0.4) is 0 Å². The summed E-state index contributed by atoms with van der Waals surface area (Å²) in [7, 11) is 0. The minimum atomic E-state index is -0.540. The van der Waals surface area contributed by atoms with E-state index in [-0.39, 0.29) is 17.0 Å². The Morgan fingerprint density at radius 2 is 2.00 bits per heavy atom. The smallest absolute Gasteiger partial charge is 0.312 e. The number of Topliss-reactive ketones (excluding diaryl/α,β-unsaturated/α-hetero) is 1. The predicted octanol–water partition coefficient (Wildman–Crippen LogP) is 4.48. The van der Waals surface area contributed by atoms with Gasteiger partial charge < -0.3 is 4.74 Å². The van der Waals surface area contributed by atoms with Crippen LogP contribution in [-0.4, -0.2) is 28.3 Å². The molecular weight excluding hydrogens is 395 g/mol. The Hall–Kier alpha value is -2.28. The second-order valence-corrected chi connectivity index (χ2v) is 6.95. The summed E-state index contributed by atoms with van der Waals surface area (Å²) in [4.78, 5) is 32.6. The van der Waals surface area contributed by atoms with Crippen molar-refractivity contribution in [3.05, 3.63) is 69.3 Å². The maximum atomic E-state index is 12.1. The highest BCUT2D eigenvalue weighted by atomic mass is 35.5. The number of ketones is 1. The van der Waals surface area contributed by atoms with E-state index in [2.05, 4.69) is 9.97 Å². The molecule has 0 spiro atoms. The number of thiazole rings is 1. The molecule has 3 aromatic rings. The van der Waals surface area contributed by atoms with Crippen molar-refractivity contribution in [2.45, 2.75) is 6.42 Å². The van der Waals surface area contributed by atoms with Gasteiger partial charge >= 0.3 is 5.97 Å². The molecule has 0 N–H and O–H groups in total. The molecular formula is C18H12Cl2N2O3S. The first-order chi connectivity index (χ1) is 12.5. The summed E-state index contributed by atoms with van der Waals surface area (Å²) in [6.45, 7) is -0.391. The van der Waals surface area contributed by atoms with Crippen LogP contribution < -0.4 is 0 Å². The molecule has 8 heteroatoms. The molecule has 2 heterocycles. The molecule has 3 rings (SSSR count). The summed E-state index contributed by atoms with van der Waals surface area (Å²) >= 11 is 13.2. The molecule has 0 aliphatic heterocycles. The van der Waals surface area contributed by atoms with Crippen LogP contribution in [-0.2, 0) is 16.0 Å². The van der Waals surface area contributed by atoms with Crippen molar-refractivity contribution in [1.82, 2.24) is 9.97 Å². The Morgan fingerprint density at radius 1 is 1.15 bits per heavy atom. The summed E-state index contributed by atoms with van der Waals surface area (Å²) in [6, 6.07) is 10.0. The van der Waals surface area contributed by atoms with Crippen molar-refractivity contribution in [2.75, 3.05) is 6.61 Å². The summed E-state index contributed by atoms with van der Waals surface area (Å²) in [6.07, 6.45) is 1.66. The van der Waals surface area contributed by atoms with E-state index in [9.17, 15) is 9.59 Å². The zero-order valence-electron chi connectivity index (χ0n) is 13.3. The molecule has 0 radical (unpaired) electrons. The van der Waals surface area contributed by atoms with E-state index in [1.54, 1.807) is 17.6 Å². The third-order valence-corrected chi connectivity index (χ3v) is 4.82. The second-order valence-electron chi connectivity index (χ2n) is 5.24. The maximum Gasteiger partial charge on any atom is 0.312 e. The summed E-state index contributed by atoms with van der Waals surface area (Å²) in [5.74, 6) is -0.936. The summed E-state index contributed by atoms with van der Waals surface area (Å²) in [5.41, 5.74) is 1.57. The van der Waals surface area contributed by atoms with Gasteiger partial charge in [-0.15, -0.1) is 11.3 Å². The highest BCUT2D eigenvalue weighted by Crippen LogP contribution is 2.22. The molecule has 0 amide bonds. The lowest BCUT2D eigenvalue weighted by molar-refractivity contribution is -0.141. The molecule has 0 bridgehead atoms. The fourth-order valence-corrected chi connectivity index (χ4v) is 3.44. The Labute approximate surface area is 163 Å². The number of hydrogen-bond acceptors (Lipinski definition) is 6. The fourth-order valence-electron chi connectivity index (χ4n) is 2.13. The van der Waals surface area contributed by atoms with Crippen molar-refractivity contribution in [2.24, 2.45) is 0 Å². The molecule has 0 atom stereocenters. The van der Waals surface area contributed by atoms with Gasteiger partial charge in [0, 0.05) is 22.2 Å². The van der Waals surface area contributed by atoms with Gasteiger partial charge in [-0.1, -0.05) is 29.3 Å². The molecule has 0 aliphatic rings. The quantitative estimate of drug-likeness (QED) is 0.445. The number of aromatic nitrogens is 2. The van der Waals surface area contributed by atoms with Gasteiger partial charge in [0.1, 0.15) is 5.01 Å². The molecule has 0 saturated carbocycles. The number of rotatable bonds is 6. The summed E-state index contributed by atoms with van der Waals surface area (Å²) in [5, 5.41) is 3.13. The van der Waals surface area contributed by atoms with E-state index in [1.807, 2.05) is 18.2 Å². The average molecular weight is 407 g/mol. The van der Waals surface area contributed by atoms with Crippen LogP contribution in [0.15, 0.2) is 48.0 Å². The van der Waals surface area contributed by atoms with Gasteiger partial charge in [-0.25, -0.2) is 4.98 Å². The van der Waals surface area contributed by atoms with E-state index < -0.39 is 18.4 Å². The zero-order chi connectivity index (χ0) is 18.5. The van der Waals surface area contributed by atoms with Crippen molar-refractivity contribution in [3.8, 4) is 10.7 Å². The van der Waals surface area contributed by atoms with E-state index in [0.29, 0.717) is 10.7 Å². The van der Waals surface area contributed by atoms with Gasteiger partial charge in [-0.05, 0) is 30.3 Å². The molecule has 0 aliphatic carbocycles. The Balaban J connectivity index is 1.56. The minimum Gasteiger partial charge on any atom is -0.457 e. The number of esters is 1. The monoisotopic (exact) mass is 406 g/mol. The Kier molecular flexibility index (Phi) is 5.98. The van der Waals surface area contributed by atoms with Crippen molar-refractivity contribution >= 4 is 46.3 Å². The van der Waals surface area contributed by atoms with Gasteiger partial charge in [0.2, 0.25) is 5.78 Å². The second kappa shape index (κ2) is 8.40. The molecule has 1 aromatic carbocycles. The predicted molar refractivity (Wildman–Crippen MR) is 101 cm³/mol. The van der Waals surface area contributed by atoms with E-state index >= 15 is 0 Å². The minimum absolute atomic E-state index is 0.0229. The maximum absolute atomic E-state index is 12.1. The van der Waals surface area contributed by atoms with E-state index in [1.165, 1.54) is 23.5 Å². The number of carbonyl (C=O) groups is 2. The molecule has 5 nitrogen and oxygen atoms in total. The van der Waals surface area contributed by atoms with Crippen LogP contribution in [0.2, 0.25) is 10.0 Å². The van der Waals surface area contributed by atoms with Gasteiger partial charge in [0.25, 0.3) is 0 Å². The highest BCUT2D eigenvalue weighted by molar-refractivity contribution is 7.13. The number of hydrogen-bond donors (Lipinski definition) is 0. The third-order valence-electron chi connectivity index (χ3n) is 3.36. The molecule has 0 saturated heterocycles. The van der Waals surface area contributed by atoms with Crippen molar-refractivity contribution in [3.63, 3.8) is 0 Å². The first-order valence-corrected chi connectivity index (χ1v) is 9.16. The highest BCUT2D eigenvalue weighted by Gasteiger charge is 2.15. The van der Waals surface area contributed by atoms with E-state index in [4.69, 9.17) is 27.9 Å². The number of halogens is 2. The van der Waals surface area contributed by atoms with Gasteiger partial charge in [0.05, 0.1) is 22.8 Å². The van der Waals surface area contributed by atoms with Crippen molar-refractivity contribution < 1.29 is 14.3 Å². The lowest BCUT2D eigenvalue weighted by Gasteiger charge is -2.05. The first-order valence-electron chi connectivity index (χ1n) is 7.52. The summed E-state index contributed by atoms with van der Waals surface area (Å²) < 4.78 is 5.03. The Bertz CT molecular complexity index is 945. The lowest BCUT2D eigenvalue weighted by Crippen LogP contribution is -2.16. The largest absolute Gasteiger partial charge is 0.457 e. The zero-order valence-corrected chi connectivity index (χ0v) is 15.6. The molecule has 0 unspecified atom stereocenters. The number of carbonyl (C=O) groups excluding carboxylic acids is 2. The van der Waals surface area contributed by atoms with Gasteiger partial charge in [-0.3, -0.25) is 14.6 Å². The number of ether oxygens (including phenoxy) is 1. The Morgan fingerprint density at radius 3 is 2.73 bits per heavy atom. The first kappa shape index (κ1) is 18.5. The SMILES string of the molecule is O=C(Cc1csc(-c2ccccn2)n1)OCC(=O)c1ccc(Cl)cc1Cl.